The number of rotatable bonds is 2. The van der Waals surface area contributed by atoms with E-state index in [1.165, 1.54) is 12.1 Å². The Morgan fingerprint density at radius 3 is 2.43 bits per heavy atom. The average Bonchev–Trinajstić information content (AvgIpc) is 2.54. The van der Waals surface area contributed by atoms with Gasteiger partial charge in [0, 0.05) is 11.3 Å². The number of nitriles is 1. The minimum absolute atomic E-state index is 0.0550. The minimum Gasteiger partial charge on any atom is -0.325 e. The first-order chi connectivity index (χ1) is 11.1. The lowest BCUT2D eigenvalue weighted by molar-refractivity contribution is 0.628. The molecule has 3 nitrogen and oxygen atoms in total. The Morgan fingerprint density at radius 1 is 1.00 bits per heavy atom. The first-order valence-corrected chi connectivity index (χ1v) is 7.09. The van der Waals surface area contributed by atoms with Gasteiger partial charge in [0.05, 0.1) is 0 Å². The van der Waals surface area contributed by atoms with Crippen LogP contribution in [0.5, 0.6) is 0 Å². The van der Waals surface area contributed by atoms with Crippen molar-refractivity contribution in [3.05, 3.63) is 82.0 Å². The van der Waals surface area contributed by atoms with Gasteiger partial charge < -0.3 is 4.98 Å². The molecule has 4 heteroatoms. The standard InChI is InChI=1S/C19H13FN2O/c1-12-9-17(18(11-21)19(23)22-12)16-8-3-2-7-15(16)13-5-4-6-14(20)10-13/h2-10H,1H3,(H,22,23). The fraction of sp³-hybridized carbons (Fsp3) is 0.0526. The highest BCUT2D eigenvalue weighted by molar-refractivity contribution is 5.85. The highest BCUT2D eigenvalue weighted by Crippen LogP contribution is 2.33. The van der Waals surface area contributed by atoms with Crippen molar-refractivity contribution in [3.63, 3.8) is 0 Å². The van der Waals surface area contributed by atoms with E-state index >= 15 is 0 Å². The molecular weight excluding hydrogens is 291 g/mol. The summed E-state index contributed by atoms with van der Waals surface area (Å²) in [6, 6.07) is 17.3. The van der Waals surface area contributed by atoms with Crippen molar-refractivity contribution in [3.8, 4) is 28.3 Å². The Labute approximate surface area is 132 Å². The molecule has 2 aromatic carbocycles. The van der Waals surface area contributed by atoms with Gasteiger partial charge in [0.25, 0.3) is 5.56 Å². The fourth-order valence-electron chi connectivity index (χ4n) is 2.64. The predicted molar refractivity (Wildman–Crippen MR) is 87.3 cm³/mol. The van der Waals surface area contributed by atoms with Crippen LogP contribution in [0.2, 0.25) is 0 Å². The van der Waals surface area contributed by atoms with Crippen molar-refractivity contribution < 1.29 is 4.39 Å². The first kappa shape index (κ1) is 14.7. The third kappa shape index (κ3) is 2.77. The van der Waals surface area contributed by atoms with Crippen LogP contribution in [0.1, 0.15) is 11.3 Å². The second kappa shape index (κ2) is 5.90. The number of aromatic amines is 1. The number of halogens is 1. The highest BCUT2D eigenvalue weighted by Gasteiger charge is 2.14. The number of hydrogen-bond acceptors (Lipinski definition) is 2. The average molecular weight is 304 g/mol. The molecule has 1 N–H and O–H groups in total. The monoisotopic (exact) mass is 304 g/mol. The molecule has 0 spiro atoms. The highest BCUT2D eigenvalue weighted by atomic mass is 19.1. The Bertz CT molecular complexity index is 983. The maximum atomic E-state index is 13.6. The van der Waals surface area contributed by atoms with Gasteiger partial charge in [0.1, 0.15) is 17.4 Å². The van der Waals surface area contributed by atoms with Gasteiger partial charge in [-0.3, -0.25) is 4.79 Å². The summed E-state index contributed by atoms with van der Waals surface area (Å²) in [5.74, 6) is -0.333. The summed E-state index contributed by atoms with van der Waals surface area (Å²) in [5, 5.41) is 9.33. The van der Waals surface area contributed by atoms with Gasteiger partial charge in [0.2, 0.25) is 0 Å². The molecule has 0 bridgehead atoms. The largest absolute Gasteiger partial charge is 0.325 e. The SMILES string of the molecule is Cc1cc(-c2ccccc2-c2cccc(F)c2)c(C#N)c(=O)[nH]1. The Morgan fingerprint density at radius 2 is 1.74 bits per heavy atom. The molecule has 0 fully saturated rings. The van der Waals surface area contributed by atoms with Crippen LogP contribution in [0.4, 0.5) is 4.39 Å². The zero-order valence-corrected chi connectivity index (χ0v) is 12.4. The molecule has 0 saturated heterocycles. The lowest BCUT2D eigenvalue weighted by atomic mass is 9.92. The van der Waals surface area contributed by atoms with Gasteiger partial charge in [-0.15, -0.1) is 0 Å². The van der Waals surface area contributed by atoms with Crippen LogP contribution < -0.4 is 5.56 Å². The van der Waals surface area contributed by atoms with E-state index in [0.29, 0.717) is 16.8 Å². The third-order valence-corrected chi connectivity index (χ3v) is 3.63. The number of nitrogens with zero attached hydrogens (tertiary/aromatic N) is 1. The van der Waals surface area contributed by atoms with Gasteiger partial charge in [0.15, 0.2) is 0 Å². The number of pyridine rings is 1. The van der Waals surface area contributed by atoms with Gasteiger partial charge in [-0.25, -0.2) is 4.39 Å². The van der Waals surface area contributed by atoms with E-state index in [4.69, 9.17) is 0 Å². The van der Waals surface area contributed by atoms with Crippen molar-refractivity contribution >= 4 is 0 Å². The lowest BCUT2D eigenvalue weighted by Crippen LogP contribution is -2.12. The Balaban J connectivity index is 2.32. The molecule has 0 unspecified atom stereocenters. The molecule has 0 aliphatic rings. The lowest BCUT2D eigenvalue weighted by Gasteiger charge is -2.12. The summed E-state index contributed by atoms with van der Waals surface area (Å²) in [6.45, 7) is 1.76. The van der Waals surface area contributed by atoms with Gasteiger partial charge >= 0.3 is 0 Å². The van der Waals surface area contributed by atoms with E-state index in [0.717, 1.165) is 11.1 Å². The van der Waals surface area contributed by atoms with E-state index in [1.807, 2.05) is 30.3 Å². The number of benzene rings is 2. The van der Waals surface area contributed by atoms with Gasteiger partial charge in [-0.1, -0.05) is 36.4 Å². The smallest absolute Gasteiger partial charge is 0.266 e. The molecule has 1 heterocycles. The van der Waals surface area contributed by atoms with Crippen molar-refractivity contribution in [1.82, 2.24) is 4.98 Å². The molecule has 0 saturated carbocycles. The summed E-state index contributed by atoms with van der Waals surface area (Å²) in [6.07, 6.45) is 0. The van der Waals surface area contributed by atoms with Crippen LogP contribution in [0.25, 0.3) is 22.3 Å². The summed E-state index contributed by atoms with van der Waals surface area (Å²) < 4.78 is 13.6. The van der Waals surface area contributed by atoms with Crippen molar-refractivity contribution in [2.24, 2.45) is 0 Å². The van der Waals surface area contributed by atoms with E-state index in [9.17, 15) is 14.4 Å². The minimum atomic E-state index is -0.420. The van der Waals surface area contributed by atoms with Crippen LogP contribution in [-0.2, 0) is 0 Å². The second-order valence-corrected chi connectivity index (χ2v) is 5.24. The van der Waals surface area contributed by atoms with Gasteiger partial charge in [-0.2, -0.15) is 5.26 Å². The molecular formula is C19H13FN2O. The zero-order chi connectivity index (χ0) is 16.4. The normalized spacial score (nSPS) is 10.3. The summed E-state index contributed by atoms with van der Waals surface area (Å²) in [7, 11) is 0. The zero-order valence-electron chi connectivity index (χ0n) is 12.4. The van der Waals surface area contributed by atoms with Crippen molar-refractivity contribution in [2.45, 2.75) is 6.92 Å². The number of nitrogens with one attached hydrogen (secondary N) is 1. The molecule has 3 aromatic rings. The van der Waals surface area contributed by atoms with Crippen LogP contribution >= 0.6 is 0 Å². The molecule has 1 aromatic heterocycles. The van der Waals surface area contributed by atoms with E-state index < -0.39 is 5.56 Å². The maximum Gasteiger partial charge on any atom is 0.266 e. The fourth-order valence-corrected chi connectivity index (χ4v) is 2.64. The van der Waals surface area contributed by atoms with Crippen molar-refractivity contribution in [1.29, 1.82) is 5.26 Å². The second-order valence-electron chi connectivity index (χ2n) is 5.24. The summed E-state index contributed by atoms with van der Waals surface area (Å²) in [4.78, 5) is 14.7. The number of aromatic nitrogens is 1. The van der Waals surface area contributed by atoms with Crippen molar-refractivity contribution in [2.75, 3.05) is 0 Å². The molecule has 3 rings (SSSR count). The topological polar surface area (TPSA) is 56.6 Å². The predicted octanol–water partition coefficient (Wildman–Crippen LogP) is 4.03. The molecule has 23 heavy (non-hydrogen) atoms. The number of hydrogen-bond donors (Lipinski definition) is 1. The van der Waals surface area contributed by atoms with Crippen LogP contribution in [-0.4, -0.2) is 4.98 Å². The number of aryl methyl sites for hydroxylation is 1. The first-order valence-electron chi connectivity index (χ1n) is 7.09. The van der Waals surface area contributed by atoms with Crippen LogP contribution in [0.3, 0.4) is 0 Å². The maximum absolute atomic E-state index is 13.6. The number of H-pyrrole nitrogens is 1. The van der Waals surface area contributed by atoms with Gasteiger partial charge in [-0.05, 0) is 41.8 Å². The molecule has 112 valence electrons. The quantitative estimate of drug-likeness (QED) is 0.777. The van der Waals surface area contributed by atoms with E-state index in [1.54, 1.807) is 25.1 Å². The van der Waals surface area contributed by atoms with Crippen LogP contribution in [0.15, 0.2) is 59.4 Å². The van der Waals surface area contributed by atoms with Crippen LogP contribution in [0, 0.1) is 24.1 Å². The van der Waals surface area contributed by atoms with E-state index in [2.05, 4.69) is 4.98 Å². The Hall–Kier alpha value is -3.19. The molecule has 0 radical (unpaired) electrons. The summed E-state index contributed by atoms with van der Waals surface area (Å²) in [5.41, 5.74) is 3.04. The molecule has 0 aliphatic heterocycles. The van der Waals surface area contributed by atoms with E-state index in [-0.39, 0.29) is 11.4 Å². The Kier molecular flexibility index (Phi) is 3.78. The molecule has 0 atom stereocenters. The molecule has 0 amide bonds. The third-order valence-electron chi connectivity index (χ3n) is 3.63. The summed E-state index contributed by atoms with van der Waals surface area (Å²) >= 11 is 0. The molecule has 0 aliphatic carbocycles.